The van der Waals surface area contributed by atoms with Gasteiger partial charge < -0.3 is 5.73 Å². The Morgan fingerprint density at radius 2 is 2.05 bits per heavy atom. The summed E-state index contributed by atoms with van der Waals surface area (Å²) in [7, 11) is -3.66. The van der Waals surface area contributed by atoms with Crippen LogP contribution < -0.4 is 5.73 Å². The van der Waals surface area contributed by atoms with Gasteiger partial charge in [0.1, 0.15) is 4.90 Å². The molecule has 1 heterocycles. The maximum atomic E-state index is 12.7. The van der Waals surface area contributed by atoms with Gasteiger partial charge >= 0.3 is 0 Å². The van der Waals surface area contributed by atoms with E-state index in [1.165, 1.54) is 10.4 Å². The summed E-state index contributed by atoms with van der Waals surface area (Å²) in [6, 6.07) is 10.2. The van der Waals surface area contributed by atoms with Crippen molar-refractivity contribution < 1.29 is 8.42 Å². The Morgan fingerprint density at radius 3 is 2.67 bits per heavy atom. The second-order valence-corrected chi connectivity index (χ2v) is 7.26. The summed E-state index contributed by atoms with van der Waals surface area (Å²) in [6.45, 7) is 2.34. The number of nitrogens with two attached hydrogens (primary N) is 1. The van der Waals surface area contributed by atoms with Gasteiger partial charge in [0.15, 0.2) is 0 Å². The fraction of sp³-hybridized carbons (Fsp3) is 0.214. The number of hydrogen-bond donors (Lipinski definition) is 1. The zero-order chi connectivity index (χ0) is 15.5. The molecule has 0 radical (unpaired) electrons. The predicted octanol–water partition coefficient (Wildman–Crippen LogP) is 2.64. The molecule has 5 nitrogen and oxygen atoms in total. The monoisotopic (exact) mass is 369 g/mol. The van der Waals surface area contributed by atoms with Crippen molar-refractivity contribution in [2.75, 3.05) is 12.3 Å². The van der Waals surface area contributed by atoms with Crippen molar-refractivity contribution in [1.82, 2.24) is 9.29 Å². The molecule has 21 heavy (non-hydrogen) atoms. The quantitative estimate of drug-likeness (QED) is 0.821. The van der Waals surface area contributed by atoms with Crippen LogP contribution in [-0.4, -0.2) is 24.3 Å². The molecule has 112 valence electrons. The summed E-state index contributed by atoms with van der Waals surface area (Å²) in [4.78, 5) is 4.27. The summed E-state index contributed by atoms with van der Waals surface area (Å²) in [5.74, 6) is 0. The lowest BCUT2D eigenvalue weighted by molar-refractivity contribution is 0.419. The Kier molecular flexibility index (Phi) is 4.97. The third-order valence-electron chi connectivity index (χ3n) is 3.01. The highest BCUT2D eigenvalue weighted by Crippen LogP contribution is 2.26. The normalized spacial score (nSPS) is 11.8. The molecule has 0 amide bonds. The second-order valence-electron chi connectivity index (χ2n) is 4.43. The zero-order valence-electron chi connectivity index (χ0n) is 11.5. The second kappa shape index (κ2) is 6.55. The number of sulfonamides is 1. The van der Waals surface area contributed by atoms with Crippen LogP contribution in [0.5, 0.6) is 0 Å². The van der Waals surface area contributed by atoms with E-state index in [0.717, 1.165) is 0 Å². The molecule has 1 aromatic heterocycles. The van der Waals surface area contributed by atoms with Crippen LogP contribution in [0.3, 0.4) is 0 Å². The molecule has 0 aliphatic carbocycles. The van der Waals surface area contributed by atoms with Crippen LogP contribution in [0, 0.1) is 0 Å². The molecule has 0 spiro atoms. The van der Waals surface area contributed by atoms with Gasteiger partial charge in [-0.15, -0.1) is 0 Å². The fourth-order valence-electron chi connectivity index (χ4n) is 1.91. The molecule has 0 aliphatic rings. The average molecular weight is 370 g/mol. The molecule has 2 rings (SSSR count). The number of nitrogen functional groups attached to an aromatic ring is 1. The number of pyridine rings is 1. The van der Waals surface area contributed by atoms with E-state index >= 15 is 0 Å². The van der Waals surface area contributed by atoms with E-state index in [1.807, 2.05) is 6.07 Å². The van der Waals surface area contributed by atoms with E-state index in [2.05, 4.69) is 20.9 Å². The molecule has 0 saturated heterocycles. The van der Waals surface area contributed by atoms with Crippen molar-refractivity contribution in [3.63, 3.8) is 0 Å². The third-order valence-corrected chi connectivity index (χ3v) is 5.48. The largest absolute Gasteiger partial charge is 0.398 e. The third kappa shape index (κ3) is 3.61. The van der Waals surface area contributed by atoms with Gasteiger partial charge in [0.2, 0.25) is 10.0 Å². The van der Waals surface area contributed by atoms with Crippen molar-refractivity contribution >= 4 is 31.6 Å². The predicted molar refractivity (Wildman–Crippen MR) is 86.1 cm³/mol. The van der Waals surface area contributed by atoms with Gasteiger partial charge in [0, 0.05) is 17.2 Å². The Bertz CT molecular complexity index is 720. The van der Waals surface area contributed by atoms with Crippen LogP contribution in [0.25, 0.3) is 0 Å². The molecule has 1 aromatic carbocycles. The number of hydrogen-bond acceptors (Lipinski definition) is 4. The molecule has 7 heteroatoms. The summed E-state index contributed by atoms with van der Waals surface area (Å²) in [5, 5.41) is 0. The van der Waals surface area contributed by atoms with Gasteiger partial charge in [0.05, 0.1) is 17.9 Å². The summed E-state index contributed by atoms with van der Waals surface area (Å²) >= 11 is 3.28. The summed E-state index contributed by atoms with van der Waals surface area (Å²) in [6.07, 6.45) is 1.64. The minimum absolute atomic E-state index is 0.106. The minimum Gasteiger partial charge on any atom is -0.398 e. The van der Waals surface area contributed by atoms with Crippen molar-refractivity contribution in [3.05, 3.63) is 52.8 Å². The molecule has 2 N–H and O–H groups in total. The molecule has 0 fully saturated rings. The molecule has 0 saturated carbocycles. The maximum absolute atomic E-state index is 12.7. The number of halogens is 1. The lowest BCUT2D eigenvalue weighted by Crippen LogP contribution is -2.31. The highest BCUT2D eigenvalue weighted by molar-refractivity contribution is 9.10. The van der Waals surface area contributed by atoms with E-state index < -0.39 is 10.0 Å². The Morgan fingerprint density at radius 1 is 1.29 bits per heavy atom. The summed E-state index contributed by atoms with van der Waals surface area (Å²) in [5.41, 5.74) is 6.74. The van der Waals surface area contributed by atoms with Gasteiger partial charge in [-0.3, -0.25) is 4.98 Å². The number of anilines is 1. The smallest absolute Gasteiger partial charge is 0.245 e. The topological polar surface area (TPSA) is 76.3 Å². The molecule has 0 atom stereocenters. The van der Waals surface area contributed by atoms with Crippen LogP contribution in [0.1, 0.15) is 12.6 Å². The first-order chi connectivity index (χ1) is 9.95. The van der Waals surface area contributed by atoms with Crippen LogP contribution in [-0.2, 0) is 16.6 Å². The van der Waals surface area contributed by atoms with Crippen LogP contribution >= 0.6 is 15.9 Å². The highest BCUT2D eigenvalue weighted by Gasteiger charge is 2.26. The maximum Gasteiger partial charge on any atom is 0.245 e. The molecule has 2 aromatic rings. The van der Waals surface area contributed by atoms with Crippen molar-refractivity contribution in [3.8, 4) is 0 Å². The standard InChI is InChI=1S/C14H16BrN3O2S/c1-2-18(10-12-5-3-4-8-17-12)21(19,20)14-9-11(15)6-7-13(14)16/h3-9H,2,10,16H2,1H3. The van der Waals surface area contributed by atoms with Crippen LogP contribution in [0.2, 0.25) is 0 Å². The Labute approximate surface area is 133 Å². The molecule has 0 unspecified atom stereocenters. The van der Waals surface area contributed by atoms with Crippen molar-refractivity contribution in [2.45, 2.75) is 18.4 Å². The van der Waals surface area contributed by atoms with Crippen molar-refractivity contribution in [1.29, 1.82) is 0 Å². The van der Waals surface area contributed by atoms with E-state index in [4.69, 9.17) is 5.73 Å². The SMILES string of the molecule is CCN(Cc1ccccn1)S(=O)(=O)c1cc(Br)ccc1N. The van der Waals surface area contributed by atoms with Gasteiger partial charge in [0.25, 0.3) is 0 Å². The number of nitrogens with zero attached hydrogens (tertiary/aromatic N) is 2. The first-order valence-electron chi connectivity index (χ1n) is 6.40. The zero-order valence-corrected chi connectivity index (χ0v) is 13.9. The number of rotatable bonds is 5. The first-order valence-corrected chi connectivity index (χ1v) is 8.63. The summed E-state index contributed by atoms with van der Waals surface area (Å²) < 4.78 is 27.5. The van der Waals surface area contributed by atoms with Gasteiger partial charge in [-0.05, 0) is 30.3 Å². The van der Waals surface area contributed by atoms with Crippen LogP contribution in [0.4, 0.5) is 5.69 Å². The van der Waals surface area contributed by atoms with Crippen molar-refractivity contribution in [2.24, 2.45) is 0 Å². The average Bonchev–Trinajstić information content (AvgIpc) is 2.48. The minimum atomic E-state index is -3.66. The van der Waals surface area contributed by atoms with E-state index in [9.17, 15) is 8.42 Å². The molecular formula is C14H16BrN3O2S. The van der Waals surface area contributed by atoms with Crippen LogP contribution in [0.15, 0.2) is 52.0 Å². The molecule has 0 aliphatic heterocycles. The Balaban J connectivity index is 2.38. The lowest BCUT2D eigenvalue weighted by atomic mass is 10.3. The van der Waals surface area contributed by atoms with Gasteiger partial charge in [-0.2, -0.15) is 4.31 Å². The Hall–Kier alpha value is -1.44. The van der Waals surface area contributed by atoms with E-state index in [0.29, 0.717) is 16.7 Å². The molecular weight excluding hydrogens is 354 g/mol. The highest BCUT2D eigenvalue weighted by atomic mass is 79.9. The first kappa shape index (κ1) is 15.9. The number of aromatic nitrogens is 1. The van der Waals surface area contributed by atoms with Gasteiger partial charge in [-0.25, -0.2) is 8.42 Å². The lowest BCUT2D eigenvalue weighted by Gasteiger charge is -2.21. The number of benzene rings is 1. The fourth-order valence-corrected chi connectivity index (χ4v) is 3.98. The molecule has 0 bridgehead atoms. The van der Waals surface area contributed by atoms with E-state index in [-0.39, 0.29) is 17.1 Å². The van der Waals surface area contributed by atoms with E-state index in [1.54, 1.807) is 37.4 Å². The van der Waals surface area contributed by atoms with Gasteiger partial charge in [-0.1, -0.05) is 28.9 Å².